The van der Waals surface area contributed by atoms with Crippen molar-refractivity contribution in [1.82, 2.24) is 9.80 Å². The summed E-state index contributed by atoms with van der Waals surface area (Å²) in [6.07, 6.45) is 5.12. The number of nitrogens with zero attached hydrogens (tertiary/aromatic N) is 3. The summed E-state index contributed by atoms with van der Waals surface area (Å²) in [6.45, 7) is 3.46. The van der Waals surface area contributed by atoms with Crippen LogP contribution in [0.5, 0.6) is 0 Å². The smallest absolute Gasteiger partial charge is 0.269 e. The lowest BCUT2D eigenvalue weighted by Gasteiger charge is -2.15. The maximum Gasteiger partial charge on any atom is 0.269 e. The van der Waals surface area contributed by atoms with Gasteiger partial charge >= 0.3 is 0 Å². The van der Waals surface area contributed by atoms with E-state index in [-0.39, 0.29) is 23.9 Å². The third-order valence-corrected chi connectivity index (χ3v) is 5.70. The largest absolute Gasteiger partial charge is 0.399 e. The maximum atomic E-state index is 11.9. The number of carbonyl (C=O) groups is 2. The Morgan fingerprint density at radius 2 is 1.28 bits per heavy atom. The van der Waals surface area contributed by atoms with Crippen molar-refractivity contribution >= 4 is 23.2 Å². The molecule has 2 heterocycles. The first-order valence-corrected chi connectivity index (χ1v) is 11.1. The standard InChI is InChI=1S/C12H14N2O3.C12H16N2O/c15-12(13-6-1-2-7-13)9-10-4-3-5-11(8-10)14(16)17;13-11-5-3-4-10(8-11)9-12(15)14-6-1-2-7-14/h3-5,8H,1-2,6-7,9H2;3-5,8H,1-2,6-7,9,13H2. The number of carbonyl (C=O) groups excluding carboxylic acids is 2. The topological polar surface area (TPSA) is 110 Å². The molecular formula is C24H30N4O4. The van der Waals surface area contributed by atoms with Crippen molar-refractivity contribution in [2.24, 2.45) is 0 Å². The molecule has 0 spiro atoms. The summed E-state index contributed by atoms with van der Waals surface area (Å²) in [5, 5.41) is 10.6. The number of nitrogen functional groups attached to an aromatic ring is 1. The number of benzene rings is 2. The van der Waals surface area contributed by atoms with Crippen molar-refractivity contribution in [2.75, 3.05) is 31.9 Å². The van der Waals surface area contributed by atoms with E-state index in [1.807, 2.05) is 34.1 Å². The predicted molar refractivity (Wildman–Crippen MR) is 123 cm³/mol. The van der Waals surface area contributed by atoms with Crippen molar-refractivity contribution in [3.8, 4) is 0 Å². The van der Waals surface area contributed by atoms with Crippen LogP contribution in [0.2, 0.25) is 0 Å². The lowest BCUT2D eigenvalue weighted by molar-refractivity contribution is -0.384. The van der Waals surface area contributed by atoms with E-state index in [4.69, 9.17) is 5.73 Å². The fourth-order valence-corrected chi connectivity index (χ4v) is 3.99. The monoisotopic (exact) mass is 438 g/mol. The van der Waals surface area contributed by atoms with Gasteiger partial charge in [0, 0.05) is 44.0 Å². The molecule has 2 fully saturated rings. The van der Waals surface area contributed by atoms with Gasteiger partial charge in [-0.2, -0.15) is 0 Å². The minimum absolute atomic E-state index is 0.0386. The van der Waals surface area contributed by atoms with Gasteiger partial charge in [0.15, 0.2) is 0 Å². The molecule has 0 bridgehead atoms. The number of rotatable bonds is 5. The Balaban J connectivity index is 0.000000182. The van der Waals surface area contributed by atoms with Crippen molar-refractivity contribution in [1.29, 1.82) is 0 Å². The van der Waals surface area contributed by atoms with Crippen LogP contribution >= 0.6 is 0 Å². The van der Waals surface area contributed by atoms with Gasteiger partial charge in [-0.3, -0.25) is 19.7 Å². The number of nitrogens with two attached hydrogens (primary N) is 1. The van der Waals surface area contributed by atoms with Gasteiger partial charge in [0.1, 0.15) is 0 Å². The fourth-order valence-electron chi connectivity index (χ4n) is 3.99. The zero-order valence-corrected chi connectivity index (χ0v) is 18.2. The molecule has 2 aromatic carbocycles. The zero-order valence-electron chi connectivity index (χ0n) is 18.2. The molecule has 0 saturated carbocycles. The van der Waals surface area contributed by atoms with Gasteiger partial charge in [-0.05, 0) is 48.9 Å². The second-order valence-corrected chi connectivity index (χ2v) is 8.20. The molecule has 2 aliphatic heterocycles. The lowest BCUT2D eigenvalue weighted by atomic mass is 10.1. The first kappa shape index (κ1) is 23.2. The number of nitro groups is 1. The molecule has 2 amide bonds. The Kier molecular flexibility index (Phi) is 8.19. The summed E-state index contributed by atoms with van der Waals surface area (Å²) in [7, 11) is 0. The molecule has 0 aliphatic carbocycles. The number of non-ortho nitro benzene ring substituents is 1. The number of likely N-dealkylation sites (tertiary alicyclic amines) is 2. The normalized spacial score (nSPS) is 15.2. The highest BCUT2D eigenvalue weighted by Crippen LogP contribution is 2.16. The molecule has 0 aromatic heterocycles. The van der Waals surface area contributed by atoms with Crippen molar-refractivity contribution in [3.05, 3.63) is 69.8 Å². The maximum absolute atomic E-state index is 11.9. The summed E-state index contributed by atoms with van der Waals surface area (Å²) in [4.78, 5) is 37.6. The van der Waals surface area contributed by atoms with Crippen molar-refractivity contribution in [3.63, 3.8) is 0 Å². The van der Waals surface area contributed by atoms with E-state index in [2.05, 4.69) is 0 Å². The van der Waals surface area contributed by atoms with E-state index in [0.717, 1.165) is 63.1 Å². The summed E-state index contributed by atoms with van der Waals surface area (Å²) < 4.78 is 0. The zero-order chi connectivity index (χ0) is 22.9. The van der Waals surface area contributed by atoms with E-state index in [9.17, 15) is 19.7 Å². The molecule has 2 N–H and O–H groups in total. The highest BCUT2D eigenvalue weighted by molar-refractivity contribution is 5.79. The summed E-state index contributed by atoms with van der Waals surface area (Å²) in [6, 6.07) is 13.8. The molecule has 4 rings (SSSR count). The minimum Gasteiger partial charge on any atom is -0.399 e. The molecule has 2 aromatic rings. The van der Waals surface area contributed by atoms with E-state index < -0.39 is 4.92 Å². The van der Waals surface area contributed by atoms with Crippen molar-refractivity contribution in [2.45, 2.75) is 38.5 Å². The molecule has 0 atom stereocenters. The summed E-state index contributed by atoms with van der Waals surface area (Å²) >= 11 is 0. The van der Waals surface area contributed by atoms with Gasteiger partial charge < -0.3 is 15.5 Å². The Hall–Kier alpha value is -3.42. The number of anilines is 1. The van der Waals surface area contributed by atoms with E-state index in [0.29, 0.717) is 12.0 Å². The minimum atomic E-state index is -0.441. The predicted octanol–water partition coefficient (Wildman–Crippen LogP) is 3.19. The second kappa shape index (κ2) is 11.3. The number of hydrogen-bond acceptors (Lipinski definition) is 5. The average molecular weight is 439 g/mol. The van der Waals surface area contributed by atoms with Crippen LogP contribution in [0.4, 0.5) is 11.4 Å². The van der Waals surface area contributed by atoms with Crippen LogP contribution in [0.15, 0.2) is 48.5 Å². The number of hydrogen-bond donors (Lipinski definition) is 1. The SMILES string of the molecule is Nc1cccc(CC(=O)N2CCCC2)c1.O=C(Cc1cccc([N+](=O)[O-])c1)N1CCCC1. The van der Waals surface area contributed by atoms with Gasteiger partial charge in [-0.15, -0.1) is 0 Å². The Morgan fingerprint density at radius 1 is 0.812 bits per heavy atom. The molecule has 32 heavy (non-hydrogen) atoms. The molecule has 8 nitrogen and oxygen atoms in total. The van der Waals surface area contributed by atoms with Gasteiger partial charge in [-0.1, -0.05) is 24.3 Å². The van der Waals surface area contributed by atoms with Crippen LogP contribution in [-0.2, 0) is 22.4 Å². The first-order chi connectivity index (χ1) is 15.4. The first-order valence-electron chi connectivity index (χ1n) is 11.1. The van der Waals surface area contributed by atoms with Crippen LogP contribution in [0.1, 0.15) is 36.8 Å². The highest BCUT2D eigenvalue weighted by Gasteiger charge is 2.19. The second-order valence-electron chi connectivity index (χ2n) is 8.20. The quantitative estimate of drug-likeness (QED) is 0.438. The third-order valence-electron chi connectivity index (χ3n) is 5.70. The summed E-state index contributed by atoms with van der Waals surface area (Å²) in [5.41, 5.74) is 8.14. The average Bonchev–Trinajstić information content (AvgIpc) is 3.49. The Morgan fingerprint density at radius 3 is 1.75 bits per heavy atom. The van der Waals surface area contributed by atoms with Crippen LogP contribution in [0, 0.1) is 10.1 Å². The molecule has 8 heteroatoms. The molecular weight excluding hydrogens is 408 g/mol. The molecule has 170 valence electrons. The molecule has 2 aliphatic rings. The highest BCUT2D eigenvalue weighted by atomic mass is 16.6. The van der Waals surface area contributed by atoms with Crippen LogP contribution in [0.25, 0.3) is 0 Å². The lowest BCUT2D eigenvalue weighted by Crippen LogP contribution is -2.29. The number of amides is 2. The van der Waals surface area contributed by atoms with Crippen LogP contribution in [-0.4, -0.2) is 52.7 Å². The van der Waals surface area contributed by atoms with Crippen LogP contribution < -0.4 is 5.73 Å². The fraction of sp³-hybridized carbons (Fsp3) is 0.417. The van der Waals surface area contributed by atoms with E-state index in [1.54, 1.807) is 12.1 Å². The van der Waals surface area contributed by atoms with Gasteiger partial charge in [-0.25, -0.2) is 0 Å². The van der Waals surface area contributed by atoms with Gasteiger partial charge in [0.25, 0.3) is 5.69 Å². The van der Waals surface area contributed by atoms with E-state index >= 15 is 0 Å². The Bertz CT molecular complexity index is 951. The summed E-state index contributed by atoms with van der Waals surface area (Å²) in [5.74, 6) is 0.279. The van der Waals surface area contributed by atoms with Crippen LogP contribution in [0.3, 0.4) is 0 Å². The third kappa shape index (κ3) is 6.80. The molecule has 2 saturated heterocycles. The van der Waals surface area contributed by atoms with Gasteiger partial charge in [0.2, 0.25) is 11.8 Å². The van der Waals surface area contributed by atoms with Gasteiger partial charge in [0.05, 0.1) is 17.8 Å². The molecule has 0 radical (unpaired) electrons. The van der Waals surface area contributed by atoms with Crippen molar-refractivity contribution < 1.29 is 14.5 Å². The number of nitro benzene ring substituents is 1. The van der Waals surface area contributed by atoms with E-state index in [1.165, 1.54) is 12.1 Å². The Labute approximate surface area is 188 Å². The molecule has 0 unspecified atom stereocenters.